The molecule has 3 nitrogen and oxygen atoms in total. The van der Waals surface area contributed by atoms with Crippen molar-refractivity contribution >= 4 is 21.7 Å². The molecule has 0 amide bonds. The van der Waals surface area contributed by atoms with Gasteiger partial charge in [0.15, 0.2) is 11.5 Å². The largest absolute Gasteiger partial charge is 0.504 e. The highest BCUT2D eigenvalue weighted by atomic mass is 79.9. The fourth-order valence-corrected chi connectivity index (χ4v) is 2.24. The zero-order valence-corrected chi connectivity index (χ0v) is 12.7. The SMILES string of the molecule is Cc1cc(C)c(O)c(=O)cc1C(=O)c1ccc(Br)cc1. The zero-order valence-electron chi connectivity index (χ0n) is 11.1. The average Bonchev–Trinajstić information content (AvgIpc) is 2.51. The van der Waals surface area contributed by atoms with E-state index in [4.69, 9.17) is 0 Å². The zero-order chi connectivity index (χ0) is 14.9. The Hall–Kier alpha value is -1.94. The smallest absolute Gasteiger partial charge is 0.221 e. The lowest BCUT2D eigenvalue weighted by molar-refractivity contribution is 0.103. The van der Waals surface area contributed by atoms with Crippen LogP contribution in [0.3, 0.4) is 0 Å². The Morgan fingerprint density at radius 1 is 1.05 bits per heavy atom. The molecule has 0 heterocycles. The second-order valence-electron chi connectivity index (χ2n) is 4.62. The maximum atomic E-state index is 12.5. The summed E-state index contributed by atoms with van der Waals surface area (Å²) in [5, 5.41) is 9.67. The highest BCUT2D eigenvalue weighted by Gasteiger charge is 2.13. The van der Waals surface area contributed by atoms with Crippen molar-refractivity contribution in [3.8, 4) is 5.75 Å². The van der Waals surface area contributed by atoms with Crippen LogP contribution in [0.25, 0.3) is 0 Å². The van der Waals surface area contributed by atoms with Crippen LogP contribution < -0.4 is 5.43 Å². The van der Waals surface area contributed by atoms with Crippen molar-refractivity contribution in [2.75, 3.05) is 0 Å². The lowest BCUT2D eigenvalue weighted by Gasteiger charge is -2.02. The number of aromatic hydroxyl groups is 1. The van der Waals surface area contributed by atoms with Gasteiger partial charge in [0.05, 0.1) is 0 Å². The van der Waals surface area contributed by atoms with Crippen molar-refractivity contribution in [3.05, 3.63) is 73.3 Å². The van der Waals surface area contributed by atoms with Gasteiger partial charge in [0.25, 0.3) is 0 Å². The van der Waals surface area contributed by atoms with Gasteiger partial charge in [-0.1, -0.05) is 22.0 Å². The number of hydrogen-bond acceptors (Lipinski definition) is 3. The number of ketones is 1. The van der Waals surface area contributed by atoms with E-state index < -0.39 is 5.43 Å². The number of aryl methyl sites for hydroxylation is 2. The maximum Gasteiger partial charge on any atom is 0.221 e. The molecule has 2 aromatic rings. The molecule has 0 aliphatic rings. The van der Waals surface area contributed by atoms with Gasteiger partial charge >= 0.3 is 0 Å². The Bertz CT molecular complexity index is 734. The van der Waals surface area contributed by atoms with E-state index in [9.17, 15) is 14.7 Å². The van der Waals surface area contributed by atoms with Gasteiger partial charge in [-0.25, -0.2) is 0 Å². The van der Waals surface area contributed by atoms with Crippen molar-refractivity contribution < 1.29 is 9.90 Å². The van der Waals surface area contributed by atoms with Gasteiger partial charge in [0.2, 0.25) is 5.43 Å². The van der Waals surface area contributed by atoms with Crippen LogP contribution in [0.2, 0.25) is 0 Å². The molecular formula is C16H13BrO3. The third kappa shape index (κ3) is 2.80. The van der Waals surface area contributed by atoms with Crippen LogP contribution in [0.1, 0.15) is 27.0 Å². The minimum absolute atomic E-state index is 0.234. The molecule has 0 fully saturated rings. The fourth-order valence-electron chi connectivity index (χ4n) is 1.98. The molecule has 0 aliphatic heterocycles. The first-order valence-electron chi connectivity index (χ1n) is 6.05. The summed E-state index contributed by atoms with van der Waals surface area (Å²) in [6, 6.07) is 9.76. The summed E-state index contributed by atoms with van der Waals surface area (Å²) in [6.45, 7) is 3.38. The fraction of sp³-hybridized carbons (Fsp3) is 0.125. The van der Waals surface area contributed by atoms with E-state index in [0.29, 0.717) is 22.3 Å². The summed E-state index contributed by atoms with van der Waals surface area (Å²) in [4.78, 5) is 24.2. The Balaban J connectivity index is 2.62. The van der Waals surface area contributed by atoms with Gasteiger partial charge in [0, 0.05) is 21.7 Å². The van der Waals surface area contributed by atoms with E-state index in [-0.39, 0.29) is 11.5 Å². The van der Waals surface area contributed by atoms with E-state index in [1.165, 1.54) is 6.07 Å². The second kappa shape index (κ2) is 5.59. The molecule has 2 aromatic carbocycles. The first-order valence-corrected chi connectivity index (χ1v) is 6.84. The molecule has 0 aliphatic carbocycles. The number of hydrogen-bond donors (Lipinski definition) is 1. The summed E-state index contributed by atoms with van der Waals surface area (Å²) in [7, 11) is 0. The van der Waals surface area contributed by atoms with Crippen LogP contribution in [0.5, 0.6) is 5.75 Å². The Kier molecular flexibility index (Phi) is 4.04. The van der Waals surface area contributed by atoms with E-state index in [1.54, 1.807) is 44.2 Å². The molecule has 0 unspecified atom stereocenters. The summed E-state index contributed by atoms with van der Waals surface area (Å²) < 4.78 is 0.877. The molecule has 2 rings (SSSR count). The van der Waals surface area contributed by atoms with Gasteiger partial charge in [-0.3, -0.25) is 9.59 Å². The topological polar surface area (TPSA) is 54.4 Å². The molecule has 102 valence electrons. The monoisotopic (exact) mass is 332 g/mol. The predicted octanol–water partition coefficient (Wildman–Crippen LogP) is 3.36. The minimum atomic E-state index is -0.545. The van der Waals surface area contributed by atoms with E-state index in [1.807, 2.05) is 0 Å². The Labute approximate surface area is 125 Å². The van der Waals surface area contributed by atoms with Crippen LogP contribution in [0, 0.1) is 13.8 Å². The average molecular weight is 333 g/mol. The lowest BCUT2D eigenvalue weighted by atomic mass is 10.0. The molecule has 0 saturated heterocycles. The third-order valence-corrected chi connectivity index (χ3v) is 3.62. The minimum Gasteiger partial charge on any atom is -0.504 e. The van der Waals surface area contributed by atoms with Crippen LogP contribution in [0.4, 0.5) is 0 Å². The van der Waals surface area contributed by atoms with Crippen molar-refractivity contribution in [2.45, 2.75) is 13.8 Å². The molecule has 0 saturated carbocycles. The van der Waals surface area contributed by atoms with Gasteiger partial charge in [-0.2, -0.15) is 0 Å². The van der Waals surface area contributed by atoms with E-state index in [0.717, 1.165) is 4.47 Å². The van der Waals surface area contributed by atoms with Gasteiger partial charge in [-0.15, -0.1) is 0 Å². The summed E-state index contributed by atoms with van der Waals surface area (Å²) in [5.74, 6) is -0.551. The maximum absolute atomic E-state index is 12.5. The molecular weight excluding hydrogens is 320 g/mol. The van der Waals surface area contributed by atoms with Crippen LogP contribution in [-0.4, -0.2) is 10.9 Å². The standard InChI is InChI=1S/C16H13BrO3/c1-9-7-10(2)15(19)14(18)8-13(9)16(20)11-3-5-12(17)6-4-11/h3-8H,1-2H3,(H,18,19). The van der Waals surface area contributed by atoms with E-state index >= 15 is 0 Å². The lowest BCUT2D eigenvalue weighted by Crippen LogP contribution is -2.05. The molecule has 0 atom stereocenters. The molecule has 0 bridgehead atoms. The van der Waals surface area contributed by atoms with Crippen LogP contribution >= 0.6 is 15.9 Å². The normalized spacial score (nSPS) is 10.3. The Morgan fingerprint density at radius 3 is 2.25 bits per heavy atom. The van der Waals surface area contributed by atoms with Gasteiger partial charge < -0.3 is 5.11 Å². The molecule has 0 spiro atoms. The molecule has 0 aromatic heterocycles. The van der Waals surface area contributed by atoms with E-state index in [2.05, 4.69) is 15.9 Å². The van der Waals surface area contributed by atoms with Crippen molar-refractivity contribution in [2.24, 2.45) is 0 Å². The number of rotatable bonds is 2. The van der Waals surface area contributed by atoms with Crippen LogP contribution in [-0.2, 0) is 0 Å². The number of halogens is 1. The highest BCUT2D eigenvalue weighted by molar-refractivity contribution is 9.10. The van der Waals surface area contributed by atoms with Gasteiger partial charge in [-0.05, 0) is 49.2 Å². The second-order valence-corrected chi connectivity index (χ2v) is 5.53. The third-order valence-electron chi connectivity index (χ3n) is 3.09. The number of carbonyl (C=O) groups excluding carboxylic acids is 1. The quantitative estimate of drug-likeness (QED) is 0.858. The summed E-state index contributed by atoms with van der Waals surface area (Å²) in [5.41, 5.74) is 1.38. The number of carbonyl (C=O) groups is 1. The molecule has 1 N–H and O–H groups in total. The van der Waals surface area contributed by atoms with Crippen molar-refractivity contribution in [1.29, 1.82) is 0 Å². The summed E-state index contributed by atoms with van der Waals surface area (Å²) in [6.07, 6.45) is 0. The number of benzene rings is 1. The van der Waals surface area contributed by atoms with Crippen LogP contribution in [0.15, 0.2) is 45.7 Å². The predicted molar refractivity (Wildman–Crippen MR) is 81.4 cm³/mol. The molecule has 20 heavy (non-hydrogen) atoms. The molecule has 0 radical (unpaired) electrons. The van der Waals surface area contributed by atoms with Crippen molar-refractivity contribution in [1.82, 2.24) is 0 Å². The summed E-state index contributed by atoms with van der Waals surface area (Å²) >= 11 is 3.31. The highest BCUT2D eigenvalue weighted by Crippen LogP contribution is 2.18. The molecule has 4 heteroatoms. The Morgan fingerprint density at radius 2 is 1.65 bits per heavy atom. The first kappa shape index (κ1) is 14.5. The van der Waals surface area contributed by atoms with Gasteiger partial charge in [0.1, 0.15) is 0 Å². The van der Waals surface area contributed by atoms with Crippen molar-refractivity contribution in [3.63, 3.8) is 0 Å². The first-order chi connectivity index (χ1) is 9.40.